The number of amides is 3. The van der Waals surface area contributed by atoms with Crippen molar-refractivity contribution in [2.45, 2.75) is 12.5 Å². The van der Waals surface area contributed by atoms with E-state index in [1.807, 2.05) is 54.6 Å². The van der Waals surface area contributed by atoms with Crippen molar-refractivity contribution in [1.82, 2.24) is 9.88 Å². The summed E-state index contributed by atoms with van der Waals surface area (Å²) in [5.41, 5.74) is 2.27. The molecule has 3 aromatic carbocycles. The van der Waals surface area contributed by atoms with Crippen LogP contribution in [0.2, 0.25) is 0 Å². The van der Waals surface area contributed by atoms with Gasteiger partial charge < -0.3 is 5.32 Å². The standard InChI is InChI=1S/C24H17N3O3S/c28-21(26-24-25-18-12-6-7-13-20(18)31-24)19(14-15-8-2-1-3-9-15)27-22(29)16-10-4-5-11-17(16)23(27)30/h1-13,19H,14H2,(H,25,26,28)/t19-/m0/s1. The second kappa shape index (κ2) is 7.77. The fourth-order valence-corrected chi connectivity index (χ4v) is 4.61. The molecule has 1 aromatic heterocycles. The molecule has 6 nitrogen and oxygen atoms in total. The van der Waals surface area contributed by atoms with Crippen LogP contribution in [0.15, 0.2) is 78.9 Å². The number of carbonyl (C=O) groups is 3. The van der Waals surface area contributed by atoms with Gasteiger partial charge in [0.25, 0.3) is 11.8 Å². The number of thiazole rings is 1. The first-order valence-corrected chi connectivity index (χ1v) is 10.6. The van der Waals surface area contributed by atoms with Gasteiger partial charge in [-0.25, -0.2) is 4.98 Å². The fraction of sp³-hybridized carbons (Fsp3) is 0.0833. The number of hydrogen-bond donors (Lipinski definition) is 1. The van der Waals surface area contributed by atoms with Crippen LogP contribution in [0.1, 0.15) is 26.3 Å². The van der Waals surface area contributed by atoms with Crippen molar-refractivity contribution in [1.29, 1.82) is 0 Å². The molecule has 31 heavy (non-hydrogen) atoms. The number of fused-ring (bicyclic) bond motifs is 2. The van der Waals surface area contributed by atoms with Crippen LogP contribution >= 0.6 is 11.3 Å². The maximum atomic E-state index is 13.3. The normalized spacial score (nSPS) is 14.0. The van der Waals surface area contributed by atoms with Crippen molar-refractivity contribution in [2.24, 2.45) is 0 Å². The summed E-state index contributed by atoms with van der Waals surface area (Å²) in [4.78, 5) is 44.9. The number of benzene rings is 3. The number of aromatic nitrogens is 1. The molecule has 2 heterocycles. The molecule has 0 unspecified atom stereocenters. The molecule has 0 spiro atoms. The van der Waals surface area contributed by atoms with Gasteiger partial charge in [0.1, 0.15) is 6.04 Å². The number of imide groups is 1. The van der Waals surface area contributed by atoms with Gasteiger partial charge in [0.05, 0.1) is 21.3 Å². The third-order valence-electron chi connectivity index (χ3n) is 5.24. The van der Waals surface area contributed by atoms with Gasteiger partial charge in [-0.1, -0.05) is 65.9 Å². The van der Waals surface area contributed by atoms with E-state index in [4.69, 9.17) is 0 Å². The lowest BCUT2D eigenvalue weighted by molar-refractivity contribution is -0.119. The topological polar surface area (TPSA) is 79.4 Å². The smallest absolute Gasteiger partial charge is 0.262 e. The molecule has 1 N–H and O–H groups in total. The largest absolute Gasteiger partial charge is 0.300 e. The molecule has 1 atom stereocenters. The van der Waals surface area contributed by atoms with Gasteiger partial charge in [0.2, 0.25) is 5.91 Å². The molecule has 4 aromatic rings. The molecule has 3 amide bonds. The number of para-hydroxylation sites is 1. The summed E-state index contributed by atoms with van der Waals surface area (Å²) < 4.78 is 0.943. The van der Waals surface area contributed by atoms with Gasteiger partial charge in [0.15, 0.2) is 5.13 Å². The van der Waals surface area contributed by atoms with Gasteiger partial charge in [0, 0.05) is 6.42 Å². The second-order valence-corrected chi connectivity index (χ2v) is 8.24. The fourth-order valence-electron chi connectivity index (χ4n) is 3.74. The maximum absolute atomic E-state index is 13.3. The Labute approximate surface area is 182 Å². The summed E-state index contributed by atoms with van der Waals surface area (Å²) in [5, 5.41) is 3.25. The first-order chi connectivity index (χ1) is 15.1. The highest BCUT2D eigenvalue weighted by molar-refractivity contribution is 7.22. The molecule has 0 fully saturated rings. The van der Waals surface area contributed by atoms with E-state index in [2.05, 4.69) is 10.3 Å². The molecule has 0 bridgehead atoms. The molecule has 0 saturated heterocycles. The average Bonchev–Trinajstić information content (AvgIpc) is 3.31. The molecule has 152 valence electrons. The van der Waals surface area contributed by atoms with Crippen molar-refractivity contribution in [3.63, 3.8) is 0 Å². The molecular formula is C24H17N3O3S. The van der Waals surface area contributed by atoms with Gasteiger partial charge in [-0.05, 0) is 29.8 Å². The van der Waals surface area contributed by atoms with Crippen molar-refractivity contribution in [3.05, 3.63) is 95.6 Å². The van der Waals surface area contributed by atoms with Crippen LogP contribution in [0.4, 0.5) is 5.13 Å². The molecule has 7 heteroatoms. The Hall–Kier alpha value is -3.84. The Morgan fingerprint density at radius 1 is 0.871 bits per heavy atom. The first-order valence-electron chi connectivity index (χ1n) is 9.79. The zero-order chi connectivity index (χ0) is 21.4. The lowest BCUT2D eigenvalue weighted by atomic mass is 10.0. The van der Waals surface area contributed by atoms with Crippen LogP contribution in [0.5, 0.6) is 0 Å². The third kappa shape index (κ3) is 3.49. The van der Waals surface area contributed by atoms with E-state index in [-0.39, 0.29) is 6.42 Å². The molecule has 1 aliphatic rings. The summed E-state index contributed by atoms with van der Waals surface area (Å²) in [6.45, 7) is 0. The van der Waals surface area contributed by atoms with E-state index in [9.17, 15) is 14.4 Å². The first kappa shape index (κ1) is 19.1. The minimum Gasteiger partial charge on any atom is -0.300 e. The monoisotopic (exact) mass is 427 g/mol. The van der Waals surface area contributed by atoms with Crippen LogP contribution in [0.3, 0.4) is 0 Å². The number of hydrogen-bond acceptors (Lipinski definition) is 5. The van der Waals surface area contributed by atoms with E-state index < -0.39 is 23.8 Å². The van der Waals surface area contributed by atoms with Gasteiger partial charge in [-0.3, -0.25) is 19.3 Å². The van der Waals surface area contributed by atoms with Crippen molar-refractivity contribution >= 4 is 44.4 Å². The summed E-state index contributed by atoms with van der Waals surface area (Å²) in [5.74, 6) is -1.36. The van der Waals surface area contributed by atoms with Crippen LogP contribution < -0.4 is 5.32 Å². The second-order valence-electron chi connectivity index (χ2n) is 7.21. The van der Waals surface area contributed by atoms with Crippen molar-refractivity contribution < 1.29 is 14.4 Å². The predicted molar refractivity (Wildman–Crippen MR) is 119 cm³/mol. The number of nitrogens with one attached hydrogen (secondary N) is 1. The Morgan fingerprint density at radius 2 is 1.48 bits per heavy atom. The number of anilines is 1. The van der Waals surface area contributed by atoms with E-state index in [1.165, 1.54) is 11.3 Å². The quantitative estimate of drug-likeness (QED) is 0.486. The zero-order valence-corrected chi connectivity index (χ0v) is 17.1. The summed E-state index contributed by atoms with van der Waals surface area (Å²) in [6, 6.07) is 22.6. The number of rotatable bonds is 5. The van der Waals surface area contributed by atoms with Crippen molar-refractivity contribution in [2.75, 3.05) is 5.32 Å². The van der Waals surface area contributed by atoms with Gasteiger partial charge in [-0.15, -0.1) is 0 Å². The molecule has 0 saturated carbocycles. The highest BCUT2D eigenvalue weighted by atomic mass is 32.1. The Kier molecular flexibility index (Phi) is 4.80. The highest BCUT2D eigenvalue weighted by Crippen LogP contribution is 2.29. The van der Waals surface area contributed by atoms with Crippen LogP contribution in [-0.2, 0) is 11.2 Å². The molecular weight excluding hydrogens is 410 g/mol. The van der Waals surface area contributed by atoms with Gasteiger partial charge in [-0.2, -0.15) is 0 Å². The SMILES string of the molecule is O=C(Nc1nc2ccccc2s1)[C@H](Cc1ccccc1)N1C(=O)c2ccccc2C1=O. The van der Waals surface area contributed by atoms with Crippen molar-refractivity contribution in [3.8, 4) is 0 Å². The number of nitrogens with zero attached hydrogens (tertiary/aromatic N) is 2. The van der Waals surface area contributed by atoms with E-state index in [0.717, 1.165) is 20.7 Å². The lowest BCUT2D eigenvalue weighted by Gasteiger charge is -2.25. The third-order valence-corrected chi connectivity index (χ3v) is 6.19. The van der Waals surface area contributed by atoms with Crippen LogP contribution in [0.25, 0.3) is 10.2 Å². The highest BCUT2D eigenvalue weighted by Gasteiger charge is 2.42. The Bertz CT molecular complexity index is 1250. The van der Waals surface area contributed by atoms with Gasteiger partial charge >= 0.3 is 0 Å². The van der Waals surface area contributed by atoms with E-state index in [1.54, 1.807) is 24.3 Å². The molecule has 1 aliphatic heterocycles. The lowest BCUT2D eigenvalue weighted by Crippen LogP contribution is -2.48. The molecule has 0 aliphatic carbocycles. The van der Waals surface area contributed by atoms with Crippen LogP contribution in [0, 0.1) is 0 Å². The van der Waals surface area contributed by atoms with E-state index in [0.29, 0.717) is 16.3 Å². The maximum Gasteiger partial charge on any atom is 0.262 e. The Balaban J connectivity index is 1.49. The Morgan fingerprint density at radius 3 is 2.16 bits per heavy atom. The predicted octanol–water partition coefficient (Wildman–Crippen LogP) is 4.14. The zero-order valence-electron chi connectivity index (χ0n) is 16.3. The summed E-state index contributed by atoms with van der Waals surface area (Å²) in [6.07, 6.45) is 0.211. The van der Waals surface area contributed by atoms with Crippen LogP contribution in [-0.4, -0.2) is 33.6 Å². The minimum atomic E-state index is -0.998. The summed E-state index contributed by atoms with van der Waals surface area (Å²) >= 11 is 1.35. The number of carbonyl (C=O) groups excluding carboxylic acids is 3. The minimum absolute atomic E-state index is 0.211. The average molecular weight is 427 g/mol. The summed E-state index contributed by atoms with van der Waals surface area (Å²) in [7, 11) is 0. The van der Waals surface area contributed by atoms with E-state index >= 15 is 0 Å². The molecule has 0 radical (unpaired) electrons. The molecule has 5 rings (SSSR count).